The Labute approximate surface area is 114 Å². The first-order valence-electron chi connectivity index (χ1n) is 6.23. The molecule has 110 valence electrons. The Morgan fingerprint density at radius 1 is 0.895 bits per heavy atom. The summed E-state index contributed by atoms with van der Waals surface area (Å²) in [6, 6.07) is 0. The lowest BCUT2D eigenvalue weighted by atomic mass is 10.3. The predicted octanol–water partition coefficient (Wildman–Crippen LogP) is 0.551. The van der Waals surface area contributed by atoms with E-state index in [1.165, 1.54) is 0 Å². The van der Waals surface area contributed by atoms with Crippen molar-refractivity contribution in [2.75, 3.05) is 52.9 Å². The largest absolute Gasteiger partial charge is 0.481 e. The fourth-order valence-corrected chi connectivity index (χ4v) is 1.12. The van der Waals surface area contributed by atoms with Crippen molar-refractivity contribution in [3.05, 3.63) is 0 Å². The number of aliphatic carboxylic acids is 1. The van der Waals surface area contributed by atoms with E-state index in [0.717, 1.165) is 0 Å². The van der Waals surface area contributed by atoms with Gasteiger partial charge in [-0.15, -0.1) is 6.42 Å². The maximum Gasteiger partial charge on any atom is 0.303 e. The Bertz CT molecular complexity index is 248. The molecule has 0 aromatic heterocycles. The molecule has 1 N–H and O–H groups in total. The van der Waals surface area contributed by atoms with Gasteiger partial charge in [0.2, 0.25) is 0 Å². The lowest BCUT2D eigenvalue weighted by molar-refractivity contribution is -0.137. The summed E-state index contributed by atoms with van der Waals surface area (Å²) in [7, 11) is 0. The zero-order chi connectivity index (χ0) is 14.2. The molecule has 0 radical (unpaired) electrons. The standard InChI is InChI=1S/C13H22O6/c1-2-5-16-7-9-18-11-12-19-10-8-17-6-3-4-13(14)15/h1H,3-12H2,(H,14,15). The maximum atomic E-state index is 10.2. The molecule has 0 atom stereocenters. The molecular formula is C13H22O6. The molecule has 0 fully saturated rings. The van der Waals surface area contributed by atoms with Crippen LogP contribution in [0.15, 0.2) is 0 Å². The van der Waals surface area contributed by atoms with E-state index < -0.39 is 5.97 Å². The normalized spacial score (nSPS) is 10.3. The molecule has 0 saturated heterocycles. The number of rotatable bonds is 14. The van der Waals surface area contributed by atoms with Crippen molar-refractivity contribution in [2.45, 2.75) is 12.8 Å². The van der Waals surface area contributed by atoms with E-state index >= 15 is 0 Å². The minimum atomic E-state index is -0.803. The topological polar surface area (TPSA) is 74.2 Å². The van der Waals surface area contributed by atoms with Gasteiger partial charge in [-0.05, 0) is 6.42 Å². The van der Waals surface area contributed by atoms with Crippen molar-refractivity contribution < 1.29 is 28.8 Å². The van der Waals surface area contributed by atoms with Crippen LogP contribution in [0.1, 0.15) is 12.8 Å². The SMILES string of the molecule is C#CCOCCOCCOCCOCCCC(=O)O. The van der Waals surface area contributed by atoms with Crippen LogP contribution >= 0.6 is 0 Å². The van der Waals surface area contributed by atoms with Crippen LogP contribution in [0.2, 0.25) is 0 Å². The van der Waals surface area contributed by atoms with Crippen LogP contribution in [-0.4, -0.2) is 63.9 Å². The van der Waals surface area contributed by atoms with Crippen LogP contribution in [0.5, 0.6) is 0 Å². The minimum Gasteiger partial charge on any atom is -0.481 e. The maximum absolute atomic E-state index is 10.2. The van der Waals surface area contributed by atoms with Crippen molar-refractivity contribution in [2.24, 2.45) is 0 Å². The zero-order valence-corrected chi connectivity index (χ0v) is 11.1. The van der Waals surface area contributed by atoms with Crippen LogP contribution in [0, 0.1) is 12.3 Å². The van der Waals surface area contributed by atoms with Gasteiger partial charge in [-0.1, -0.05) is 5.92 Å². The van der Waals surface area contributed by atoms with Gasteiger partial charge in [0.1, 0.15) is 6.61 Å². The molecule has 0 aromatic carbocycles. The van der Waals surface area contributed by atoms with E-state index in [-0.39, 0.29) is 6.42 Å². The van der Waals surface area contributed by atoms with Crippen molar-refractivity contribution in [3.8, 4) is 12.3 Å². The molecular weight excluding hydrogens is 252 g/mol. The van der Waals surface area contributed by atoms with Gasteiger partial charge in [-0.2, -0.15) is 0 Å². The van der Waals surface area contributed by atoms with E-state index in [0.29, 0.717) is 59.3 Å². The lowest BCUT2D eigenvalue weighted by Crippen LogP contribution is -2.12. The van der Waals surface area contributed by atoms with Gasteiger partial charge in [-0.25, -0.2) is 0 Å². The second-order valence-corrected chi connectivity index (χ2v) is 3.59. The molecule has 6 heteroatoms. The number of terminal acetylenes is 1. The average molecular weight is 274 g/mol. The van der Waals surface area contributed by atoms with Gasteiger partial charge < -0.3 is 24.1 Å². The average Bonchev–Trinajstić information content (AvgIpc) is 2.39. The van der Waals surface area contributed by atoms with Crippen molar-refractivity contribution in [3.63, 3.8) is 0 Å². The molecule has 0 amide bonds. The second kappa shape index (κ2) is 14.9. The Hall–Kier alpha value is -1.13. The van der Waals surface area contributed by atoms with E-state index in [4.69, 9.17) is 30.5 Å². The Kier molecular flexibility index (Phi) is 14.0. The summed E-state index contributed by atoms with van der Waals surface area (Å²) in [5.74, 6) is 1.56. The number of carboxylic acids is 1. The third kappa shape index (κ3) is 16.9. The Morgan fingerprint density at radius 2 is 1.37 bits per heavy atom. The van der Waals surface area contributed by atoms with Crippen molar-refractivity contribution in [1.82, 2.24) is 0 Å². The molecule has 0 aliphatic carbocycles. The van der Waals surface area contributed by atoms with Crippen LogP contribution in [-0.2, 0) is 23.7 Å². The van der Waals surface area contributed by atoms with Gasteiger partial charge in [0.25, 0.3) is 0 Å². The molecule has 0 spiro atoms. The highest BCUT2D eigenvalue weighted by atomic mass is 16.6. The van der Waals surface area contributed by atoms with Gasteiger partial charge >= 0.3 is 5.97 Å². The molecule has 6 nitrogen and oxygen atoms in total. The summed E-state index contributed by atoms with van der Waals surface area (Å²) in [4.78, 5) is 10.2. The number of hydrogen-bond donors (Lipinski definition) is 1. The van der Waals surface area contributed by atoms with Crippen LogP contribution in [0.4, 0.5) is 0 Å². The molecule has 0 rings (SSSR count). The first kappa shape index (κ1) is 17.9. The highest BCUT2D eigenvalue weighted by molar-refractivity contribution is 5.66. The Balaban J connectivity index is 2.95. The van der Waals surface area contributed by atoms with Gasteiger partial charge in [0.05, 0.1) is 39.6 Å². The zero-order valence-electron chi connectivity index (χ0n) is 11.1. The lowest BCUT2D eigenvalue weighted by Gasteiger charge is -2.06. The summed E-state index contributed by atoms with van der Waals surface area (Å²) < 4.78 is 20.7. The van der Waals surface area contributed by atoms with Crippen LogP contribution in [0.25, 0.3) is 0 Å². The van der Waals surface area contributed by atoms with E-state index in [2.05, 4.69) is 5.92 Å². The first-order chi connectivity index (χ1) is 9.27. The predicted molar refractivity (Wildman–Crippen MR) is 69.0 cm³/mol. The molecule has 0 unspecified atom stereocenters. The van der Waals surface area contributed by atoms with Gasteiger partial charge in [0.15, 0.2) is 0 Å². The summed E-state index contributed by atoms with van der Waals surface area (Å²) >= 11 is 0. The van der Waals surface area contributed by atoms with Crippen molar-refractivity contribution in [1.29, 1.82) is 0 Å². The third-order valence-electron chi connectivity index (χ3n) is 1.98. The van der Waals surface area contributed by atoms with E-state index in [1.54, 1.807) is 0 Å². The molecule has 0 aliphatic rings. The summed E-state index contributed by atoms with van der Waals surface area (Å²) in [5, 5.41) is 8.39. The number of ether oxygens (including phenoxy) is 4. The highest BCUT2D eigenvalue weighted by Gasteiger charge is 1.96. The fourth-order valence-electron chi connectivity index (χ4n) is 1.12. The smallest absolute Gasteiger partial charge is 0.303 e. The van der Waals surface area contributed by atoms with Crippen LogP contribution in [0.3, 0.4) is 0 Å². The fraction of sp³-hybridized carbons (Fsp3) is 0.769. The number of carbonyl (C=O) groups is 1. The molecule has 0 saturated carbocycles. The molecule has 0 aromatic rings. The summed E-state index contributed by atoms with van der Waals surface area (Å²) in [6.07, 6.45) is 5.67. The van der Waals surface area contributed by atoms with Crippen LogP contribution < -0.4 is 0 Å². The first-order valence-corrected chi connectivity index (χ1v) is 6.23. The third-order valence-corrected chi connectivity index (χ3v) is 1.98. The number of hydrogen-bond acceptors (Lipinski definition) is 5. The van der Waals surface area contributed by atoms with E-state index in [1.807, 2.05) is 0 Å². The van der Waals surface area contributed by atoms with Gasteiger partial charge in [-0.3, -0.25) is 4.79 Å². The minimum absolute atomic E-state index is 0.135. The van der Waals surface area contributed by atoms with Gasteiger partial charge in [0, 0.05) is 13.0 Å². The van der Waals surface area contributed by atoms with E-state index in [9.17, 15) is 4.79 Å². The Morgan fingerprint density at radius 3 is 1.84 bits per heavy atom. The molecule has 0 heterocycles. The molecule has 19 heavy (non-hydrogen) atoms. The molecule has 0 aliphatic heterocycles. The molecule has 0 bridgehead atoms. The summed E-state index contributed by atoms with van der Waals surface area (Å²) in [6.45, 7) is 3.66. The number of carboxylic acid groups (broad SMARTS) is 1. The summed E-state index contributed by atoms with van der Waals surface area (Å²) in [5.41, 5.74) is 0. The monoisotopic (exact) mass is 274 g/mol. The highest BCUT2D eigenvalue weighted by Crippen LogP contribution is 1.90. The van der Waals surface area contributed by atoms with Crippen molar-refractivity contribution >= 4 is 5.97 Å². The quantitative estimate of drug-likeness (QED) is 0.368. The second-order valence-electron chi connectivity index (χ2n) is 3.59.